The van der Waals surface area contributed by atoms with Crippen LogP contribution in [0.4, 0.5) is 0 Å². The minimum atomic E-state index is -0.755. The summed E-state index contributed by atoms with van der Waals surface area (Å²) in [6, 6.07) is 1.93. The first-order valence-corrected chi connectivity index (χ1v) is 5.57. The Hall–Kier alpha value is -0.870. The Morgan fingerprint density at radius 2 is 1.94 bits per heavy atom. The number of rotatable bonds is 3. The molecule has 2 atom stereocenters. The van der Waals surface area contributed by atoms with Crippen LogP contribution in [-0.2, 0) is 13.5 Å². The third-order valence-corrected chi connectivity index (χ3v) is 2.77. The average molecular weight is 226 g/mol. The van der Waals surface area contributed by atoms with Crippen molar-refractivity contribution in [3.8, 4) is 0 Å². The molecule has 1 aromatic rings. The van der Waals surface area contributed by atoms with Crippen molar-refractivity contribution < 1.29 is 10.2 Å². The van der Waals surface area contributed by atoms with E-state index in [1.165, 1.54) is 0 Å². The molecule has 4 nitrogen and oxygen atoms in total. The number of aromatic nitrogens is 2. The fourth-order valence-corrected chi connectivity index (χ4v) is 1.76. The summed E-state index contributed by atoms with van der Waals surface area (Å²) >= 11 is 0. The van der Waals surface area contributed by atoms with Gasteiger partial charge in [0.15, 0.2) is 0 Å². The number of nitrogens with zero attached hydrogens (tertiary/aromatic N) is 2. The predicted molar refractivity (Wildman–Crippen MR) is 63.1 cm³/mol. The molecule has 0 aliphatic rings. The van der Waals surface area contributed by atoms with Gasteiger partial charge in [0.1, 0.15) is 0 Å². The molecule has 0 aliphatic heterocycles. The highest BCUT2D eigenvalue weighted by molar-refractivity contribution is 5.10. The van der Waals surface area contributed by atoms with Crippen LogP contribution in [0.1, 0.15) is 32.2 Å². The number of aryl methyl sites for hydroxylation is 2. The summed E-state index contributed by atoms with van der Waals surface area (Å²) in [4.78, 5) is 0. The molecule has 0 aromatic carbocycles. The van der Waals surface area contributed by atoms with E-state index in [1.807, 2.05) is 40.8 Å². The first kappa shape index (κ1) is 13.2. The monoisotopic (exact) mass is 226 g/mol. The summed E-state index contributed by atoms with van der Waals surface area (Å²) < 4.78 is 1.74. The molecule has 1 rings (SSSR count). The van der Waals surface area contributed by atoms with E-state index in [0.717, 1.165) is 11.4 Å². The van der Waals surface area contributed by atoms with Gasteiger partial charge in [0.25, 0.3) is 0 Å². The molecule has 2 N–H and O–H groups in total. The van der Waals surface area contributed by atoms with Gasteiger partial charge in [0.05, 0.1) is 17.9 Å². The Balaban J connectivity index is 2.71. The number of hydrogen-bond donors (Lipinski definition) is 2. The van der Waals surface area contributed by atoms with E-state index < -0.39 is 12.2 Å². The van der Waals surface area contributed by atoms with Crippen LogP contribution >= 0.6 is 0 Å². The summed E-state index contributed by atoms with van der Waals surface area (Å²) in [5.74, 6) is 0. The molecular formula is C12H22N2O2. The predicted octanol–water partition coefficient (Wildman–Crippen LogP) is 1.04. The fourth-order valence-electron chi connectivity index (χ4n) is 1.76. The zero-order valence-electron chi connectivity index (χ0n) is 10.7. The molecule has 16 heavy (non-hydrogen) atoms. The summed E-state index contributed by atoms with van der Waals surface area (Å²) in [5, 5.41) is 24.1. The van der Waals surface area contributed by atoms with Crippen LogP contribution in [0.5, 0.6) is 0 Å². The molecule has 0 bridgehead atoms. The van der Waals surface area contributed by atoms with Crippen LogP contribution in [-0.4, -0.2) is 32.2 Å². The maximum atomic E-state index is 9.95. The second-order valence-corrected chi connectivity index (χ2v) is 5.48. The van der Waals surface area contributed by atoms with Crippen LogP contribution < -0.4 is 0 Å². The van der Waals surface area contributed by atoms with E-state index in [1.54, 1.807) is 4.68 Å². The molecule has 0 amide bonds. The molecule has 0 radical (unpaired) electrons. The molecule has 0 aliphatic carbocycles. The van der Waals surface area contributed by atoms with Crippen molar-refractivity contribution in [2.75, 3.05) is 0 Å². The minimum absolute atomic E-state index is 0.312. The lowest BCUT2D eigenvalue weighted by molar-refractivity contribution is -0.0440. The highest BCUT2D eigenvalue weighted by Crippen LogP contribution is 2.23. The highest BCUT2D eigenvalue weighted by atomic mass is 16.3. The Kier molecular flexibility index (Phi) is 3.76. The van der Waals surface area contributed by atoms with Gasteiger partial charge < -0.3 is 10.2 Å². The molecule has 1 aromatic heterocycles. The molecule has 0 spiro atoms. The van der Waals surface area contributed by atoms with Crippen LogP contribution in [0.3, 0.4) is 0 Å². The third-order valence-electron chi connectivity index (χ3n) is 2.77. The van der Waals surface area contributed by atoms with E-state index in [-0.39, 0.29) is 5.41 Å². The fraction of sp³-hybridized carbons (Fsp3) is 0.750. The van der Waals surface area contributed by atoms with E-state index in [4.69, 9.17) is 0 Å². The van der Waals surface area contributed by atoms with E-state index in [9.17, 15) is 10.2 Å². The van der Waals surface area contributed by atoms with E-state index >= 15 is 0 Å². The van der Waals surface area contributed by atoms with Crippen LogP contribution in [0.15, 0.2) is 6.07 Å². The van der Waals surface area contributed by atoms with Gasteiger partial charge in [-0.1, -0.05) is 20.8 Å². The summed E-state index contributed by atoms with van der Waals surface area (Å²) in [6.07, 6.45) is -1.06. The second-order valence-electron chi connectivity index (χ2n) is 5.48. The normalized spacial score (nSPS) is 16.2. The molecule has 2 unspecified atom stereocenters. The number of hydrogen-bond acceptors (Lipinski definition) is 3. The van der Waals surface area contributed by atoms with Gasteiger partial charge in [-0.3, -0.25) is 4.68 Å². The SMILES string of the molecule is Cc1cc(CC(O)C(O)C(C)(C)C)n(C)n1. The van der Waals surface area contributed by atoms with Crippen LogP contribution in [0.2, 0.25) is 0 Å². The van der Waals surface area contributed by atoms with Crippen molar-refractivity contribution in [1.29, 1.82) is 0 Å². The molecule has 92 valence electrons. The van der Waals surface area contributed by atoms with E-state index in [0.29, 0.717) is 6.42 Å². The zero-order chi connectivity index (χ0) is 12.5. The largest absolute Gasteiger partial charge is 0.390 e. The average Bonchev–Trinajstić information content (AvgIpc) is 2.42. The number of aliphatic hydroxyl groups excluding tert-OH is 2. The molecule has 0 saturated heterocycles. The van der Waals surface area contributed by atoms with Gasteiger partial charge in [-0.05, 0) is 18.4 Å². The van der Waals surface area contributed by atoms with Crippen molar-refractivity contribution in [3.05, 3.63) is 17.5 Å². The lowest BCUT2D eigenvalue weighted by atomic mass is 9.84. The van der Waals surface area contributed by atoms with Crippen molar-refractivity contribution in [3.63, 3.8) is 0 Å². The van der Waals surface area contributed by atoms with Crippen molar-refractivity contribution in [2.24, 2.45) is 12.5 Å². The molecule has 0 fully saturated rings. The smallest absolute Gasteiger partial charge is 0.0859 e. The second kappa shape index (κ2) is 4.55. The quantitative estimate of drug-likeness (QED) is 0.809. The van der Waals surface area contributed by atoms with Gasteiger partial charge in [-0.15, -0.1) is 0 Å². The minimum Gasteiger partial charge on any atom is -0.390 e. The summed E-state index contributed by atoms with van der Waals surface area (Å²) in [6.45, 7) is 7.65. The maximum Gasteiger partial charge on any atom is 0.0859 e. The standard InChI is InChI=1S/C12H22N2O2/c1-8-6-9(14(5)13-8)7-10(15)11(16)12(2,3)4/h6,10-11,15-16H,7H2,1-5H3. The highest BCUT2D eigenvalue weighted by Gasteiger charge is 2.29. The molecule has 0 saturated carbocycles. The van der Waals surface area contributed by atoms with Crippen molar-refractivity contribution >= 4 is 0 Å². The zero-order valence-corrected chi connectivity index (χ0v) is 10.7. The van der Waals surface area contributed by atoms with E-state index in [2.05, 4.69) is 5.10 Å². The van der Waals surface area contributed by atoms with Crippen LogP contribution in [0.25, 0.3) is 0 Å². The third kappa shape index (κ3) is 3.06. The van der Waals surface area contributed by atoms with Crippen molar-refractivity contribution in [2.45, 2.75) is 46.3 Å². The van der Waals surface area contributed by atoms with Gasteiger partial charge >= 0.3 is 0 Å². The first-order chi connectivity index (χ1) is 7.21. The van der Waals surface area contributed by atoms with Gasteiger partial charge in [-0.2, -0.15) is 5.10 Å². The van der Waals surface area contributed by atoms with Crippen LogP contribution in [0, 0.1) is 12.3 Å². The Morgan fingerprint density at radius 1 is 1.38 bits per heavy atom. The topological polar surface area (TPSA) is 58.3 Å². The lowest BCUT2D eigenvalue weighted by Crippen LogP contribution is -2.39. The summed E-state index contributed by atoms with van der Waals surface area (Å²) in [5.41, 5.74) is 1.55. The lowest BCUT2D eigenvalue weighted by Gasteiger charge is -2.29. The van der Waals surface area contributed by atoms with Gasteiger partial charge in [0, 0.05) is 19.2 Å². The maximum absolute atomic E-state index is 9.95. The molecule has 1 heterocycles. The Morgan fingerprint density at radius 3 is 2.31 bits per heavy atom. The Labute approximate surface area is 96.9 Å². The van der Waals surface area contributed by atoms with Gasteiger partial charge in [0.2, 0.25) is 0 Å². The summed E-state index contributed by atoms with van der Waals surface area (Å²) in [7, 11) is 1.85. The van der Waals surface area contributed by atoms with Gasteiger partial charge in [-0.25, -0.2) is 0 Å². The van der Waals surface area contributed by atoms with Crippen molar-refractivity contribution in [1.82, 2.24) is 9.78 Å². The Bertz CT molecular complexity index is 352. The number of aliphatic hydroxyl groups is 2. The molecular weight excluding hydrogens is 204 g/mol. The molecule has 4 heteroatoms. The first-order valence-electron chi connectivity index (χ1n) is 5.57.